The van der Waals surface area contributed by atoms with E-state index in [2.05, 4.69) is 11.1 Å². The predicted octanol–water partition coefficient (Wildman–Crippen LogP) is 2.93. The number of hydrogen-bond acceptors (Lipinski definition) is 3. The molecule has 0 bridgehead atoms. The molecule has 1 aliphatic carbocycles. The van der Waals surface area contributed by atoms with Gasteiger partial charge in [-0.1, -0.05) is 24.3 Å². The Morgan fingerprint density at radius 1 is 1.26 bits per heavy atom. The molecule has 1 unspecified atom stereocenters. The highest BCUT2D eigenvalue weighted by molar-refractivity contribution is 5.48. The summed E-state index contributed by atoms with van der Waals surface area (Å²) in [7, 11) is 0. The smallest absolute Gasteiger partial charge is 0.129 e. The highest BCUT2D eigenvalue weighted by Crippen LogP contribution is 2.44. The second kappa shape index (κ2) is 4.67. The van der Waals surface area contributed by atoms with Gasteiger partial charge in [-0.3, -0.25) is 0 Å². The lowest BCUT2D eigenvalue weighted by Crippen LogP contribution is -2.08. The summed E-state index contributed by atoms with van der Waals surface area (Å²) in [5.41, 5.74) is 9.82. The number of nitrogen functional groups attached to an aromatic ring is 1. The molecule has 0 radical (unpaired) electrons. The Morgan fingerprint density at radius 3 is 2.74 bits per heavy atom. The molecule has 98 valence electrons. The summed E-state index contributed by atoms with van der Waals surface area (Å²) in [5, 5.41) is 10.6. The standard InChI is InChI=1S/C16H18N2O/c1-10-8-14(16(17)18-9-10)15(19)13-5-3-2-4-12(13)11-6-7-11/h2-5,8-9,11,15,19H,6-7H2,1H3,(H2,17,18). The fourth-order valence-electron chi connectivity index (χ4n) is 2.51. The average Bonchev–Trinajstić information content (AvgIpc) is 3.25. The van der Waals surface area contributed by atoms with Crippen molar-refractivity contribution in [1.29, 1.82) is 0 Å². The van der Waals surface area contributed by atoms with Crippen LogP contribution < -0.4 is 5.73 Å². The summed E-state index contributed by atoms with van der Waals surface area (Å²) in [6.07, 6.45) is 3.46. The van der Waals surface area contributed by atoms with Gasteiger partial charge in [0.1, 0.15) is 11.9 Å². The molecule has 0 amide bonds. The van der Waals surface area contributed by atoms with Crippen molar-refractivity contribution in [2.45, 2.75) is 31.8 Å². The van der Waals surface area contributed by atoms with Crippen molar-refractivity contribution < 1.29 is 5.11 Å². The van der Waals surface area contributed by atoms with Crippen LogP contribution in [0.1, 0.15) is 47.1 Å². The third kappa shape index (κ3) is 2.34. The van der Waals surface area contributed by atoms with E-state index in [-0.39, 0.29) is 0 Å². The molecule has 1 atom stereocenters. The van der Waals surface area contributed by atoms with E-state index in [0.29, 0.717) is 17.3 Å². The van der Waals surface area contributed by atoms with Gasteiger partial charge < -0.3 is 10.8 Å². The number of aromatic nitrogens is 1. The van der Waals surface area contributed by atoms with Gasteiger partial charge in [-0.25, -0.2) is 4.98 Å². The molecule has 0 saturated heterocycles. The van der Waals surface area contributed by atoms with Crippen LogP contribution in [0.5, 0.6) is 0 Å². The average molecular weight is 254 g/mol. The summed E-state index contributed by atoms with van der Waals surface area (Å²) in [6.45, 7) is 1.95. The molecule has 1 heterocycles. The minimum atomic E-state index is -0.691. The third-order valence-corrected chi connectivity index (χ3v) is 3.69. The van der Waals surface area contributed by atoms with Gasteiger partial charge >= 0.3 is 0 Å². The van der Waals surface area contributed by atoms with Crippen molar-refractivity contribution in [1.82, 2.24) is 4.98 Å². The van der Waals surface area contributed by atoms with Crippen LogP contribution in [0.25, 0.3) is 0 Å². The molecule has 1 saturated carbocycles. The summed E-state index contributed by atoms with van der Waals surface area (Å²) in [4.78, 5) is 4.13. The van der Waals surface area contributed by atoms with Crippen molar-refractivity contribution >= 4 is 5.82 Å². The van der Waals surface area contributed by atoms with Crippen LogP contribution in [0.4, 0.5) is 5.82 Å². The first-order chi connectivity index (χ1) is 9.16. The van der Waals surface area contributed by atoms with Gasteiger partial charge in [-0.2, -0.15) is 0 Å². The van der Waals surface area contributed by atoms with Crippen LogP contribution in [0, 0.1) is 6.92 Å². The fraction of sp³-hybridized carbons (Fsp3) is 0.312. The van der Waals surface area contributed by atoms with Crippen molar-refractivity contribution in [2.24, 2.45) is 0 Å². The maximum Gasteiger partial charge on any atom is 0.129 e. The van der Waals surface area contributed by atoms with Crippen LogP contribution in [0.2, 0.25) is 0 Å². The predicted molar refractivity (Wildman–Crippen MR) is 75.9 cm³/mol. The Hall–Kier alpha value is -1.87. The van der Waals surface area contributed by atoms with Crippen LogP contribution in [-0.4, -0.2) is 10.1 Å². The molecule has 0 spiro atoms. The Labute approximate surface area is 113 Å². The third-order valence-electron chi connectivity index (χ3n) is 3.69. The lowest BCUT2D eigenvalue weighted by Gasteiger charge is -2.17. The molecule has 3 heteroatoms. The summed E-state index contributed by atoms with van der Waals surface area (Å²) >= 11 is 0. The van der Waals surface area contributed by atoms with Crippen molar-refractivity contribution in [2.75, 3.05) is 5.73 Å². The molecule has 1 aromatic carbocycles. The number of anilines is 1. The summed E-state index contributed by atoms with van der Waals surface area (Å²) < 4.78 is 0. The summed E-state index contributed by atoms with van der Waals surface area (Å²) in [6, 6.07) is 10.00. The Kier molecular flexibility index (Phi) is 2.99. The van der Waals surface area contributed by atoms with Gasteiger partial charge in [-0.05, 0) is 48.4 Å². The quantitative estimate of drug-likeness (QED) is 0.885. The van der Waals surface area contributed by atoms with Crippen molar-refractivity contribution in [3.05, 3.63) is 58.8 Å². The lowest BCUT2D eigenvalue weighted by molar-refractivity contribution is 0.219. The van der Waals surface area contributed by atoms with E-state index in [1.807, 2.05) is 31.2 Å². The molecule has 3 nitrogen and oxygen atoms in total. The van der Waals surface area contributed by atoms with Gasteiger partial charge in [0.2, 0.25) is 0 Å². The number of rotatable bonds is 3. The fourth-order valence-corrected chi connectivity index (χ4v) is 2.51. The monoisotopic (exact) mass is 254 g/mol. The van der Waals surface area contributed by atoms with Gasteiger partial charge in [0.05, 0.1) is 0 Å². The first kappa shape index (κ1) is 12.2. The number of pyridine rings is 1. The normalized spacial score (nSPS) is 16.3. The topological polar surface area (TPSA) is 59.1 Å². The molecule has 19 heavy (non-hydrogen) atoms. The van der Waals surface area contributed by atoms with Crippen molar-refractivity contribution in [3.8, 4) is 0 Å². The maximum atomic E-state index is 10.6. The van der Waals surface area contributed by atoms with Gasteiger partial charge in [0.15, 0.2) is 0 Å². The largest absolute Gasteiger partial charge is 0.384 e. The number of aliphatic hydroxyl groups excluding tert-OH is 1. The number of nitrogens with two attached hydrogens (primary N) is 1. The summed E-state index contributed by atoms with van der Waals surface area (Å²) in [5.74, 6) is 1.01. The number of benzene rings is 1. The molecule has 2 aromatic rings. The Morgan fingerprint density at radius 2 is 2.00 bits per heavy atom. The van der Waals surface area contributed by atoms with E-state index in [1.54, 1.807) is 6.20 Å². The zero-order valence-corrected chi connectivity index (χ0v) is 11.0. The second-order valence-corrected chi connectivity index (χ2v) is 5.29. The first-order valence-corrected chi connectivity index (χ1v) is 6.65. The molecule has 1 aliphatic rings. The SMILES string of the molecule is Cc1cnc(N)c(C(O)c2ccccc2C2CC2)c1. The highest BCUT2D eigenvalue weighted by Gasteiger charge is 2.28. The van der Waals surface area contributed by atoms with Gasteiger partial charge in [-0.15, -0.1) is 0 Å². The van der Waals surface area contributed by atoms with E-state index in [4.69, 9.17) is 5.73 Å². The second-order valence-electron chi connectivity index (χ2n) is 5.29. The van der Waals surface area contributed by atoms with Crippen LogP contribution in [0.15, 0.2) is 36.5 Å². The highest BCUT2D eigenvalue weighted by atomic mass is 16.3. The van der Waals surface area contributed by atoms with Crippen LogP contribution in [0.3, 0.4) is 0 Å². The van der Waals surface area contributed by atoms with Gasteiger partial charge in [0, 0.05) is 11.8 Å². The van der Waals surface area contributed by atoms with E-state index >= 15 is 0 Å². The number of aliphatic hydroxyl groups is 1. The molecule has 1 aromatic heterocycles. The number of nitrogens with zero attached hydrogens (tertiary/aromatic N) is 1. The van der Waals surface area contributed by atoms with Crippen LogP contribution in [-0.2, 0) is 0 Å². The Balaban J connectivity index is 2.04. The zero-order valence-electron chi connectivity index (χ0n) is 11.0. The first-order valence-electron chi connectivity index (χ1n) is 6.65. The van der Waals surface area contributed by atoms with E-state index in [9.17, 15) is 5.11 Å². The lowest BCUT2D eigenvalue weighted by atomic mass is 9.94. The van der Waals surface area contributed by atoms with Gasteiger partial charge in [0.25, 0.3) is 0 Å². The molecule has 0 aliphatic heterocycles. The number of aryl methyl sites for hydroxylation is 1. The molecule has 3 N–H and O–H groups in total. The van der Waals surface area contributed by atoms with E-state index < -0.39 is 6.10 Å². The molecular formula is C16H18N2O. The minimum Gasteiger partial charge on any atom is -0.384 e. The minimum absolute atomic E-state index is 0.406. The molecular weight excluding hydrogens is 236 g/mol. The maximum absolute atomic E-state index is 10.6. The van der Waals surface area contributed by atoms with E-state index in [1.165, 1.54) is 18.4 Å². The van der Waals surface area contributed by atoms with Crippen molar-refractivity contribution in [3.63, 3.8) is 0 Å². The number of hydrogen-bond donors (Lipinski definition) is 2. The van der Waals surface area contributed by atoms with Crippen LogP contribution >= 0.6 is 0 Å². The van der Waals surface area contributed by atoms with E-state index in [0.717, 1.165) is 11.1 Å². The molecule has 1 fully saturated rings. The Bertz CT molecular complexity index is 605. The zero-order chi connectivity index (χ0) is 13.4. The molecule has 3 rings (SSSR count).